The lowest BCUT2D eigenvalue weighted by Gasteiger charge is -2.16. The van der Waals surface area contributed by atoms with E-state index in [1.807, 2.05) is 60.8 Å². The van der Waals surface area contributed by atoms with E-state index >= 15 is 0 Å². The number of amides is 1. The average Bonchev–Trinajstić information content (AvgIpc) is 3.36. The summed E-state index contributed by atoms with van der Waals surface area (Å²) in [5, 5.41) is 16.1. The Morgan fingerprint density at radius 2 is 1.89 bits per heavy atom. The Kier molecular flexibility index (Phi) is 3.79. The summed E-state index contributed by atoms with van der Waals surface area (Å²) in [7, 11) is 1.55. The van der Waals surface area contributed by atoms with E-state index in [0.717, 1.165) is 43.1 Å². The molecule has 1 N–H and O–H groups in total. The molecule has 0 radical (unpaired) electrons. The van der Waals surface area contributed by atoms with Crippen molar-refractivity contribution < 1.29 is 14.4 Å². The van der Waals surface area contributed by atoms with Crippen molar-refractivity contribution in [1.29, 1.82) is 0 Å². The predicted molar refractivity (Wildman–Crippen MR) is 112 cm³/mol. The van der Waals surface area contributed by atoms with Crippen LogP contribution in [0.1, 0.15) is 11.1 Å². The van der Waals surface area contributed by atoms with Gasteiger partial charge in [-0.3, -0.25) is 20.0 Å². The molecule has 0 fully saturated rings. The highest BCUT2D eigenvalue weighted by Gasteiger charge is 2.35. The molecule has 28 heavy (non-hydrogen) atoms. The standard InChI is InChI=1S/C22H18N2O3S/c1-13-9-20(28-12-13)24-11-17(23(2)26)21(22(24)25)14-7-8-19-16(10-14)15-5-3-4-6-18(15)27-19/h3-10,12,26H,11H2,1-2H3. The number of furan rings is 1. The van der Waals surface area contributed by atoms with E-state index in [0.29, 0.717) is 17.8 Å². The maximum absolute atomic E-state index is 13.3. The minimum atomic E-state index is -0.107. The van der Waals surface area contributed by atoms with Gasteiger partial charge in [0.05, 0.1) is 22.8 Å². The molecule has 2 aromatic heterocycles. The minimum Gasteiger partial charge on any atom is -0.456 e. The van der Waals surface area contributed by atoms with Crippen LogP contribution < -0.4 is 4.90 Å². The molecule has 5 nitrogen and oxygen atoms in total. The zero-order valence-electron chi connectivity index (χ0n) is 15.5. The molecule has 0 atom stereocenters. The molecule has 5 rings (SSSR count). The van der Waals surface area contributed by atoms with Crippen molar-refractivity contribution in [2.24, 2.45) is 0 Å². The van der Waals surface area contributed by atoms with Gasteiger partial charge in [0.25, 0.3) is 5.91 Å². The van der Waals surface area contributed by atoms with Crippen molar-refractivity contribution in [3.8, 4) is 0 Å². The fourth-order valence-electron chi connectivity index (χ4n) is 3.73. The van der Waals surface area contributed by atoms with Crippen LogP contribution in [0.4, 0.5) is 5.00 Å². The lowest BCUT2D eigenvalue weighted by Crippen LogP contribution is -2.27. The number of aryl methyl sites for hydroxylation is 1. The predicted octanol–water partition coefficient (Wildman–Crippen LogP) is 5.03. The number of fused-ring (bicyclic) bond motifs is 3. The van der Waals surface area contributed by atoms with Crippen molar-refractivity contribution in [3.63, 3.8) is 0 Å². The van der Waals surface area contributed by atoms with Gasteiger partial charge in [-0.15, -0.1) is 11.3 Å². The van der Waals surface area contributed by atoms with E-state index in [1.165, 1.54) is 11.3 Å². The van der Waals surface area contributed by atoms with Gasteiger partial charge in [-0.25, -0.2) is 0 Å². The smallest absolute Gasteiger partial charge is 0.261 e. The van der Waals surface area contributed by atoms with Gasteiger partial charge in [0, 0.05) is 17.8 Å². The molecule has 0 unspecified atom stereocenters. The van der Waals surface area contributed by atoms with Gasteiger partial charge in [-0.05, 0) is 47.7 Å². The third kappa shape index (κ3) is 2.53. The number of carbonyl (C=O) groups excluding carboxylic acids is 1. The number of benzene rings is 2. The number of thiophene rings is 1. The fourth-order valence-corrected chi connectivity index (χ4v) is 4.63. The Hall–Kier alpha value is -3.09. The number of para-hydroxylation sites is 1. The molecular weight excluding hydrogens is 372 g/mol. The summed E-state index contributed by atoms with van der Waals surface area (Å²) in [6.45, 7) is 2.34. The lowest BCUT2D eigenvalue weighted by molar-refractivity contribution is -0.112. The average molecular weight is 390 g/mol. The van der Waals surface area contributed by atoms with Gasteiger partial charge >= 0.3 is 0 Å². The molecule has 1 aliphatic rings. The number of nitrogens with zero attached hydrogens (tertiary/aromatic N) is 2. The number of carbonyl (C=O) groups is 1. The molecule has 3 heterocycles. The minimum absolute atomic E-state index is 0.107. The number of anilines is 1. The number of hydrogen-bond acceptors (Lipinski definition) is 5. The molecule has 0 bridgehead atoms. The fraction of sp³-hybridized carbons (Fsp3) is 0.136. The van der Waals surface area contributed by atoms with Crippen molar-refractivity contribution in [2.45, 2.75) is 6.92 Å². The summed E-state index contributed by atoms with van der Waals surface area (Å²) in [6, 6.07) is 15.6. The molecule has 4 aromatic rings. The molecule has 1 amide bonds. The van der Waals surface area contributed by atoms with E-state index < -0.39 is 0 Å². The first-order valence-corrected chi connectivity index (χ1v) is 9.85. The van der Waals surface area contributed by atoms with E-state index in [9.17, 15) is 10.0 Å². The lowest BCUT2D eigenvalue weighted by atomic mass is 10.0. The molecular formula is C22H18N2O3S. The second kappa shape index (κ2) is 6.22. The molecule has 0 saturated carbocycles. The summed E-state index contributed by atoms with van der Waals surface area (Å²) >= 11 is 1.53. The summed E-state index contributed by atoms with van der Waals surface area (Å²) in [4.78, 5) is 15.0. The van der Waals surface area contributed by atoms with E-state index in [-0.39, 0.29) is 5.91 Å². The van der Waals surface area contributed by atoms with Crippen LogP contribution in [0.15, 0.2) is 64.0 Å². The Labute approximate surface area is 165 Å². The topological polar surface area (TPSA) is 56.9 Å². The van der Waals surface area contributed by atoms with Crippen LogP contribution in [-0.2, 0) is 4.79 Å². The number of hydroxylamine groups is 2. The molecule has 0 saturated heterocycles. The summed E-state index contributed by atoms with van der Waals surface area (Å²) in [6.07, 6.45) is 0. The van der Waals surface area contributed by atoms with Crippen molar-refractivity contribution in [2.75, 3.05) is 18.5 Å². The first-order valence-electron chi connectivity index (χ1n) is 8.97. The first kappa shape index (κ1) is 17.0. The molecule has 1 aliphatic heterocycles. The molecule has 0 spiro atoms. The van der Waals surface area contributed by atoms with Crippen LogP contribution in [0.5, 0.6) is 0 Å². The van der Waals surface area contributed by atoms with Gasteiger partial charge < -0.3 is 4.42 Å². The monoisotopic (exact) mass is 390 g/mol. The second-order valence-corrected chi connectivity index (χ2v) is 7.90. The summed E-state index contributed by atoms with van der Waals surface area (Å²) < 4.78 is 5.89. The van der Waals surface area contributed by atoms with Gasteiger partial charge in [0.1, 0.15) is 11.2 Å². The van der Waals surface area contributed by atoms with Crippen LogP contribution in [0, 0.1) is 6.92 Å². The third-order valence-electron chi connectivity index (χ3n) is 5.09. The Morgan fingerprint density at radius 3 is 2.64 bits per heavy atom. The maximum atomic E-state index is 13.3. The van der Waals surface area contributed by atoms with Crippen LogP contribution in [-0.4, -0.2) is 29.8 Å². The summed E-state index contributed by atoms with van der Waals surface area (Å²) in [5.74, 6) is -0.107. The third-order valence-corrected chi connectivity index (χ3v) is 6.16. The molecule has 0 aliphatic carbocycles. The van der Waals surface area contributed by atoms with Crippen molar-refractivity contribution in [3.05, 3.63) is 70.7 Å². The van der Waals surface area contributed by atoms with Crippen LogP contribution >= 0.6 is 11.3 Å². The number of rotatable bonds is 3. The zero-order chi connectivity index (χ0) is 19.4. The van der Waals surface area contributed by atoms with Crippen LogP contribution in [0.2, 0.25) is 0 Å². The van der Waals surface area contributed by atoms with Gasteiger partial charge in [-0.2, -0.15) is 0 Å². The van der Waals surface area contributed by atoms with Gasteiger partial charge in [-0.1, -0.05) is 24.3 Å². The quantitative estimate of drug-likeness (QED) is 0.498. The van der Waals surface area contributed by atoms with Crippen molar-refractivity contribution >= 4 is 49.8 Å². The SMILES string of the molecule is Cc1csc(N2CC(N(C)O)=C(c3ccc4oc5ccccc5c4c3)C2=O)c1. The van der Waals surface area contributed by atoms with E-state index in [2.05, 4.69) is 0 Å². The first-order chi connectivity index (χ1) is 13.5. The maximum Gasteiger partial charge on any atom is 0.261 e. The molecule has 6 heteroatoms. The largest absolute Gasteiger partial charge is 0.456 e. The second-order valence-electron chi connectivity index (χ2n) is 7.01. The highest BCUT2D eigenvalue weighted by atomic mass is 32.1. The Bertz CT molecular complexity index is 1270. The van der Waals surface area contributed by atoms with E-state index in [1.54, 1.807) is 11.9 Å². The van der Waals surface area contributed by atoms with E-state index in [4.69, 9.17) is 4.42 Å². The number of likely N-dealkylation sites (N-methyl/N-ethyl adjacent to an activating group) is 1. The highest BCUT2D eigenvalue weighted by Crippen LogP contribution is 2.37. The van der Waals surface area contributed by atoms with Crippen molar-refractivity contribution in [1.82, 2.24) is 5.06 Å². The molecule has 140 valence electrons. The van der Waals surface area contributed by atoms with Gasteiger partial charge in [0.2, 0.25) is 0 Å². The van der Waals surface area contributed by atoms with Crippen LogP contribution in [0.25, 0.3) is 27.5 Å². The normalized spacial score (nSPS) is 14.7. The zero-order valence-corrected chi connectivity index (χ0v) is 16.3. The number of hydrogen-bond donors (Lipinski definition) is 1. The Morgan fingerprint density at radius 1 is 1.11 bits per heavy atom. The Balaban J connectivity index is 1.66. The summed E-state index contributed by atoms with van der Waals surface area (Å²) in [5.41, 5.74) is 4.59. The highest BCUT2D eigenvalue weighted by molar-refractivity contribution is 7.14. The molecule has 2 aromatic carbocycles. The van der Waals surface area contributed by atoms with Gasteiger partial charge in [0.15, 0.2) is 0 Å². The van der Waals surface area contributed by atoms with Crippen LogP contribution in [0.3, 0.4) is 0 Å².